The lowest BCUT2D eigenvalue weighted by molar-refractivity contribution is 0.769. The normalized spacial score (nSPS) is 16.8. The van der Waals surface area contributed by atoms with Crippen LogP contribution in [-0.4, -0.2) is 0 Å². The molecule has 0 saturated carbocycles. The van der Waals surface area contributed by atoms with Gasteiger partial charge in [0.15, 0.2) is 0 Å². The summed E-state index contributed by atoms with van der Waals surface area (Å²) in [4.78, 5) is 0. The highest BCUT2D eigenvalue weighted by Gasteiger charge is 2.46. The van der Waals surface area contributed by atoms with E-state index in [1.807, 2.05) is 72.8 Å². The number of benzene rings is 7. The Kier molecular flexibility index (Phi) is 5.63. The van der Waals surface area contributed by atoms with E-state index in [9.17, 15) is 11.0 Å². The maximum Gasteiger partial charge on any atom is 0.0714 e. The zero-order chi connectivity index (χ0) is 41.4. The average Bonchev–Trinajstić information content (AvgIpc) is 3.58. The summed E-state index contributed by atoms with van der Waals surface area (Å²) in [6.45, 7) is 0. The summed E-state index contributed by atoms with van der Waals surface area (Å²) >= 11 is 0. The van der Waals surface area contributed by atoms with Gasteiger partial charge in [-0.2, -0.15) is 0 Å². The SMILES string of the molecule is [2H]c1c([2H])c(-c2c([2H])c([2H])c(-c3cc4c(c5c3C=CCC5)CCC=C4)c([2H])c2[2H])c([2H])c([2H])c1Nc1ccc2c(c1)C(c1ccccc1)(c1ccccc1)c1ccccc1-2. The highest BCUT2D eigenvalue weighted by atomic mass is 14.9. The van der Waals surface area contributed by atoms with Crippen molar-refractivity contribution in [3.8, 4) is 33.4 Å². The van der Waals surface area contributed by atoms with E-state index in [1.54, 1.807) is 0 Å². The summed E-state index contributed by atoms with van der Waals surface area (Å²) in [6, 6.07) is 33.9. The Balaban J connectivity index is 1.10. The van der Waals surface area contributed by atoms with Gasteiger partial charge in [0, 0.05) is 11.4 Å². The van der Waals surface area contributed by atoms with Crippen LogP contribution in [0.1, 0.15) is 68.3 Å². The van der Waals surface area contributed by atoms with Crippen LogP contribution in [0.15, 0.2) is 170 Å². The molecule has 52 heavy (non-hydrogen) atoms. The minimum Gasteiger partial charge on any atom is -0.356 e. The lowest BCUT2D eigenvalue weighted by Crippen LogP contribution is -2.28. The van der Waals surface area contributed by atoms with Crippen molar-refractivity contribution in [1.82, 2.24) is 0 Å². The van der Waals surface area contributed by atoms with E-state index in [1.165, 1.54) is 11.1 Å². The molecular weight excluding hydrogens is 627 g/mol. The summed E-state index contributed by atoms with van der Waals surface area (Å²) in [5.74, 6) is 0. The predicted octanol–water partition coefficient (Wildman–Crippen LogP) is 13.0. The van der Waals surface area contributed by atoms with Crippen molar-refractivity contribution in [2.24, 2.45) is 0 Å². The topological polar surface area (TPSA) is 12.0 Å². The van der Waals surface area contributed by atoms with Gasteiger partial charge in [0.1, 0.15) is 0 Å². The van der Waals surface area contributed by atoms with Crippen LogP contribution in [0, 0.1) is 0 Å². The molecule has 0 amide bonds. The second-order valence-corrected chi connectivity index (χ2v) is 13.7. The van der Waals surface area contributed by atoms with Crippen LogP contribution >= 0.6 is 0 Å². The standard InChI is InChI=1S/C51H39N/c1-3-14-39(15-4-1)51(40-16-5-2-6-17-40)49-22-12-11-21-46(49)47-32-31-42(34-50(47)51)52-41-29-27-36(28-30-41)35-23-25-37(26-24-35)48-33-38-13-7-8-18-43(38)44-19-9-10-20-45(44)48/h1-7,10-17,20-34,52H,8-9,18-19H2/i23D,24D,25D,26D,27D,28D,29D,30D. The first-order valence-corrected chi connectivity index (χ1v) is 18.0. The largest absolute Gasteiger partial charge is 0.356 e. The monoisotopic (exact) mass is 673 g/mol. The molecule has 0 aromatic heterocycles. The van der Waals surface area contributed by atoms with Crippen LogP contribution in [0.4, 0.5) is 11.4 Å². The van der Waals surface area contributed by atoms with Gasteiger partial charge < -0.3 is 5.32 Å². The number of allylic oxidation sites excluding steroid dienone is 2. The second-order valence-electron chi connectivity index (χ2n) is 13.7. The summed E-state index contributed by atoms with van der Waals surface area (Å²) in [5, 5.41) is 3.24. The van der Waals surface area contributed by atoms with Crippen LogP contribution in [0.5, 0.6) is 0 Å². The van der Waals surface area contributed by atoms with Crippen molar-refractivity contribution in [1.29, 1.82) is 0 Å². The molecule has 1 nitrogen and oxygen atoms in total. The van der Waals surface area contributed by atoms with Gasteiger partial charge in [0.05, 0.1) is 16.4 Å². The van der Waals surface area contributed by atoms with Gasteiger partial charge in [-0.1, -0.05) is 152 Å². The number of nitrogens with one attached hydrogen (secondary N) is 1. The lowest BCUT2D eigenvalue weighted by atomic mass is 9.67. The fraction of sp³-hybridized carbons (Fsp3) is 0.0980. The molecule has 7 aromatic carbocycles. The first-order chi connectivity index (χ1) is 29.1. The smallest absolute Gasteiger partial charge is 0.0714 e. The molecule has 0 atom stereocenters. The number of fused-ring (bicyclic) bond motifs is 6. The van der Waals surface area contributed by atoms with Gasteiger partial charge in [-0.3, -0.25) is 0 Å². The van der Waals surface area contributed by atoms with E-state index in [-0.39, 0.29) is 46.5 Å². The molecule has 0 fully saturated rings. The van der Waals surface area contributed by atoms with E-state index >= 15 is 0 Å². The molecule has 0 bridgehead atoms. The van der Waals surface area contributed by atoms with Crippen molar-refractivity contribution in [3.63, 3.8) is 0 Å². The van der Waals surface area contributed by atoms with Crippen molar-refractivity contribution in [3.05, 3.63) is 214 Å². The lowest BCUT2D eigenvalue weighted by Gasteiger charge is -2.34. The fourth-order valence-corrected chi connectivity index (χ4v) is 8.55. The Labute approximate surface area is 317 Å². The van der Waals surface area contributed by atoms with E-state index < -0.39 is 29.6 Å². The number of rotatable bonds is 6. The molecule has 10 rings (SSSR count). The van der Waals surface area contributed by atoms with Crippen LogP contribution < -0.4 is 5.32 Å². The Morgan fingerprint density at radius 2 is 1.08 bits per heavy atom. The molecule has 0 aliphatic heterocycles. The summed E-state index contributed by atoms with van der Waals surface area (Å²) in [7, 11) is 0. The average molecular weight is 674 g/mol. The van der Waals surface area contributed by atoms with Gasteiger partial charge in [-0.15, -0.1) is 0 Å². The number of anilines is 2. The number of hydrogen-bond donors (Lipinski definition) is 1. The van der Waals surface area contributed by atoms with Crippen LogP contribution in [0.3, 0.4) is 0 Å². The van der Waals surface area contributed by atoms with Crippen LogP contribution in [0.25, 0.3) is 45.5 Å². The minimum absolute atomic E-state index is 0.0540. The van der Waals surface area contributed by atoms with Crippen molar-refractivity contribution >= 4 is 23.5 Å². The Hall–Kier alpha value is -6.18. The molecular formula is C51H39N. The van der Waals surface area contributed by atoms with Gasteiger partial charge in [-0.05, 0) is 134 Å². The number of hydrogen-bond acceptors (Lipinski definition) is 1. The van der Waals surface area contributed by atoms with Gasteiger partial charge >= 0.3 is 0 Å². The van der Waals surface area contributed by atoms with E-state index in [0.717, 1.165) is 70.2 Å². The van der Waals surface area contributed by atoms with Crippen LogP contribution in [0.2, 0.25) is 0 Å². The predicted molar refractivity (Wildman–Crippen MR) is 219 cm³/mol. The molecule has 3 aliphatic carbocycles. The van der Waals surface area contributed by atoms with Crippen molar-refractivity contribution in [2.75, 3.05) is 5.32 Å². The first-order valence-electron chi connectivity index (χ1n) is 22.0. The van der Waals surface area contributed by atoms with E-state index in [0.29, 0.717) is 11.3 Å². The Morgan fingerprint density at radius 1 is 0.481 bits per heavy atom. The zero-order valence-corrected chi connectivity index (χ0v) is 28.5. The second kappa shape index (κ2) is 12.5. The zero-order valence-electron chi connectivity index (χ0n) is 36.5. The summed E-state index contributed by atoms with van der Waals surface area (Å²) in [5.41, 5.74) is 10.9. The van der Waals surface area contributed by atoms with Gasteiger partial charge in [0.25, 0.3) is 0 Å². The Bertz CT molecular complexity index is 2890. The minimum atomic E-state index is -0.681. The maximum atomic E-state index is 9.26. The Morgan fingerprint density at radius 3 is 1.81 bits per heavy atom. The molecule has 0 radical (unpaired) electrons. The molecule has 0 heterocycles. The molecule has 1 N–H and O–H groups in total. The highest BCUT2D eigenvalue weighted by molar-refractivity contribution is 5.88. The molecule has 1 heteroatoms. The fourth-order valence-electron chi connectivity index (χ4n) is 8.55. The maximum absolute atomic E-state index is 9.26. The third kappa shape index (κ3) is 4.92. The molecule has 0 unspecified atom stereocenters. The first kappa shape index (κ1) is 23.3. The quantitative estimate of drug-likeness (QED) is 0.185. The van der Waals surface area contributed by atoms with E-state index in [2.05, 4.69) is 66.0 Å². The van der Waals surface area contributed by atoms with Crippen molar-refractivity contribution < 1.29 is 11.0 Å². The van der Waals surface area contributed by atoms with E-state index in [4.69, 9.17) is 0 Å². The van der Waals surface area contributed by atoms with Gasteiger partial charge in [0.2, 0.25) is 0 Å². The molecule has 248 valence electrons. The third-order valence-electron chi connectivity index (χ3n) is 10.8. The summed E-state index contributed by atoms with van der Waals surface area (Å²) < 4.78 is 73.9. The van der Waals surface area contributed by atoms with Crippen molar-refractivity contribution in [2.45, 2.75) is 31.1 Å². The summed E-state index contributed by atoms with van der Waals surface area (Å²) in [6.07, 6.45) is 11.8. The molecule has 3 aliphatic rings. The molecule has 7 aromatic rings. The molecule has 0 spiro atoms. The third-order valence-corrected chi connectivity index (χ3v) is 10.8. The highest BCUT2D eigenvalue weighted by Crippen LogP contribution is 2.56. The van der Waals surface area contributed by atoms with Gasteiger partial charge in [-0.25, -0.2) is 0 Å². The molecule has 0 saturated heterocycles. The van der Waals surface area contributed by atoms with Crippen LogP contribution in [-0.2, 0) is 18.3 Å².